The molecule has 26 heavy (non-hydrogen) atoms. The lowest BCUT2D eigenvalue weighted by molar-refractivity contribution is 0.377. The van der Waals surface area contributed by atoms with Crippen molar-refractivity contribution < 1.29 is 4.74 Å². The third-order valence-corrected chi connectivity index (χ3v) is 5.24. The molecule has 0 aromatic carbocycles. The standard InChI is InChI=1S/C19H26N6O/c1-26-19-22-17(24-11-4-2-3-5-12-24)21-18(23-19)25-13-7-9-16(25)15-8-6-10-20-14-15/h6,8,10,14,16H,2-5,7,9,11-13H2,1H3. The number of pyridine rings is 1. The summed E-state index contributed by atoms with van der Waals surface area (Å²) in [4.78, 5) is 22.7. The largest absolute Gasteiger partial charge is 0.467 e. The van der Waals surface area contributed by atoms with Gasteiger partial charge in [-0.2, -0.15) is 15.0 Å². The maximum atomic E-state index is 5.39. The Bertz CT molecular complexity index is 717. The summed E-state index contributed by atoms with van der Waals surface area (Å²) >= 11 is 0. The number of methoxy groups -OCH3 is 1. The van der Waals surface area contributed by atoms with Gasteiger partial charge in [0.25, 0.3) is 0 Å². The Kier molecular flexibility index (Phi) is 5.13. The Morgan fingerprint density at radius 1 is 0.962 bits per heavy atom. The monoisotopic (exact) mass is 354 g/mol. The van der Waals surface area contributed by atoms with E-state index < -0.39 is 0 Å². The fourth-order valence-corrected chi connectivity index (χ4v) is 3.89. The van der Waals surface area contributed by atoms with Crippen molar-refractivity contribution in [2.24, 2.45) is 0 Å². The molecule has 2 fully saturated rings. The molecule has 0 saturated carbocycles. The molecule has 2 aliphatic heterocycles. The van der Waals surface area contributed by atoms with Gasteiger partial charge in [0.2, 0.25) is 11.9 Å². The van der Waals surface area contributed by atoms with Gasteiger partial charge in [0.05, 0.1) is 13.2 Å². The Morgan fingerprint density at radius 2 is 1.77 bits per heavy atom. The van der Waals surface area contributed by atoms with Crippen molar-refractivity contribution in [3.8, 4) is 6.01 Å². The highest BCUT2D eigenvalue weighted by atomic mass is 16.5. The second-order valence-corrected chi connectivity index (χ2v) is 6.96. The van der Waals surface area contributed by atoms with Gasteiger partial charge in [-0.1, -0.05) is 18.9 Å². The van der Waals surface area contributed by atoms with Crippen molar-refractivity contribution in [2.45, 2.75) is 44.6 Å². The van der Waals surface area contributed by atoms with Crippen LogP contribution in [0.25, 0.3) is 0 Å². The van der Waals surface area contributed by atoms with Gasteiger partial charge >= 0.3 is 6.01 Å². The molecule has 7 nitrogen and oxygen atoms in total. The molecule has 0 aliphatic carbocycles. The summed E-state index contributed by atoms with van der Waals surface area (Å²) in [5, 5.41) is 0. The highest BCUT2D eigenvalue weighted by Gasteiger charge is 2.29. The molecule has 1 atom stereocenters. The van der Waals surface area contributed by atoms with Crippen molar-refractivity contribution in [3.63, 3.8) is 0 Å². The first kappa shape index (κ1) is 17.0. The number of rotatable bonds is 4. The smallest absolute Gasteiger partial charge is 0.322 e. The highest BCUT2D eigenvalue weighted by Crippen LogP contribution is 2.35. The van der Waals surface area contributed by atoms with Crippen LogP contribution in [0.4, 0.5) is 11.9 Å². The summed E-state index contributed by atoms with van der Waals surface area (Å²) < 4.78 is 5.39. The predicted molar refractivity (Wildman–Crippen MR) is 101 cm³/mol. The Morgan fingerprint density at radius 3 is 2.50 bits per heavy atom. The van der Waals surface area contributed by atoms with Crippen molar-refractivity contribution in [1.82, 2.24) is 19.9 Å². The molecule has 0 bridgehead atoms. The molecule has 2 saturated heterocycles. The zero-order valence-corrected chi connectivity index (χ0v) is 15.3. The maximum Gasteiger partial charge on any atom is 0.322 e. The maximum absolute atomic E-state index is 5.39. The lowest BCUT2D eigenvalue weighted by Crippen LogP contribution is -2.29. The molecule has 4 rings (SSSR count). The predicted octanol–water partition coefficient (Wildman–Crippen LogP) is 3.00. The Labute approximate surface area is 154 Å². The molecule has 1 unspecified atom stereocenters. The number of anilines is 2. The summed E-state index contributed by atoms with van der Waals surface area (Å²) in [6, 6.07) is 4.77. The van der Waals surface area contributed by atoms with Gasteiger partial charge in [0.15, 0.2) is 0 Å². The second kappa shape index (κ2) is 7.85. The first-order valence-electron chi connectivity index (χ1n) is 9.57. The van der Waals surface area contributed by atoms with E-state index in [0.29, 0.717) is 12.0 Å². The quantitative estimate of drug-likeness (QED) is 0.836. The normalized spacial score (nSPS) is 20.9. The molecule has 138 valence electrons. The molecule has 2 aromatic heterocycles. The number of ether oxygens (including phenoxy) is 1. The first-order valence-corrected chi connectivity index (χ1v) is 9.57. The van der Waals surface area contributed by atoms with Gasteiger partial charge in [0, 0.05) is 32.0 Å². The van der Waals surface area contributed by atoms with Crippen LogP contribution in [0.1, 0.15) is 50.1 Å². The molecule has 7 heteroatoms. The van der Waals surface area contributed by atoms with Crippen LogP contribution in [0.3, 0.4) is 0 Å². The molecular weight excluding hydrogens is 328 g/mol. The van der Waals surface area contributed by atoms with E-state index in [1.165, 1.54) is 31.2 Å². The number of hydrogen-bond acceptors (Lipinski definition) is 7. The Hall–Kier alpha value is -2.44. The summed E-state index contributed by atoms with van der Waals surface area (Å²) in [7, 11) is 1.62. The van der Waals surface area contributed by atoms with Crippen molar-refractivity contribution in [1.29, 1.82) is 0 Å². The topological polar surface area (TPSA) is 67.3 Å². The van der Waals surface area contributed by atoms with E-state index in [2.05, 4.69) is 30.8 Å². The average Bonchev–Trinajstić information content (AvgIpc) is 3.03. The molecule has 4 heterocycles. The molecular formula is C19H26N6O. The minimum atomic E-state index is 0.257. The van der Waals surface area contributed by atoms with E-state index in [-0.39, 0.29) is 6.04 Å². The molecule has 0 amide bonds. The summed E-state index contributed by atoms with van der Waals surface area (Å²) in [5.41, 5.74) is 1.21. The fraction of sp³-hybridized carbons (Fsp3) is 0.579. The molecule has 2 aliphatic rings. The SMILES string of the molecule is COc1nc(N2CCCCCC2)nc(N2CCCC2c2cccnc2)n1. The van der Waals surface area contributed by atoms with Crippen molar-refractivity contribution >= 4 is 11.9 Å². The third kappa shape index (κ3) is 3.57. The molecule has 0 spiro atoms. The Balaban J connectivity index is 1.65. The van der Waals surface area contributed by atoms with Gasteiger partial charge in [0.1, 0.15) is 0 Å². The van der Waals surface area contributed by atoms with Gasteiger partial charge in [-0.3, -0.25) is 4.98 Å². The molecule has 2 aromatic rings. The van der Waals surface area contributed by atoms with Crippen LogP contribution in [0, 0.1) is 0 Å². The minimum absolute atomic E-state index is 0.257. The number of aromatic nitrogens is 4. The number of nitrogens with zero attached hydrogens (tertiary/aromatic N) is 6. The lowest BCUT2D eigenvalue weighted by atomic mass is 10.1. The van der Waals surface area contributed by atoms with E-state index >= 15 is 0 Å². The van der Waals surface area contributed by atoms with Gasteiger partial charge < -0.3 is 14.5 Å². The zero-order chi connectivity index (χ0) is 17.8. The summed E-state index contributed by atoms with van der Waals surface area (Å²) in [5.74, 6) is 1.45. The van der Waals surface area contributed by atoms with E-state index in [9.17, 15) is 0 Å². The van der Waals surface area contributed by atoms with Crippen LogP contribution in [-0.2, 0) is 0 Å². The van der Waals surface area contributed by atoms with Crippen molar-refractivity contribution in [3.05, 3.63) is 30.1 Å². The van der Waals surface area contributed by atoms with E-state index in [1.807, 2.05) is 18.5 Å². The zero-order valence-electron chi connectivity index (χ0n) is 15.3. The average molecular weight is 354 g/mol. The number of hydrogen-bond donors (Lipinski definition) is 0. The first-order chi connectivity index (χ1) is 12.8. The van der Waals surface area contributed by atoms with Crippen LogP contribution in [0.2, 0.25) is 0 Å². The summed E-state index contributed by atoms with van der Waals surface area (Å²) in [6.45, 7) is 2.93. The van der Waals surface area contributed by atoms with Crippen LogP contribution in [0.15, 0.2) is 24.5 Å². The van der Waals surface area contributed by atoms with E-state index in [0.717, 1.165) is 38.4 Å². The molecule has 0 N–H and O–H groups in total. The third-order valence-electron chi connectivity index (χ3n) is 5.24. The van der Waals surface area contributed by atoms with E-state index in [1.54, 1.807) is 7.11 Å². The van der Waals surface area contributed by atoms with E-state index in [4.69, 9.17) is 9.72 Å². The lowest BCUT2D eigenvalue weighted by Gasteiger charge is -2.27. The second-order valence-electron chi connectivity index (χ2n) is 6.96. The van der Waals surface area contributed by atoms with Crippen LogP contribution < -0.4 is 14.5 Å². The molecule has 0 radical (unpaired) electrons. The minimum Gasteiger partial charge on any atom is -0.467 e. The summed E-state index contributed by atoms with van der Waals surface area (Å²) in [6.07, 6.45) is 10.9. The fourth-order valence-electron chi connectivity index (χ4n) is 3.89. The highest BCUT2D eigenvalue weighted by molar-refractivity contribution is 5.44. The van der Waals surface area contributed by atoms with Gasteiger partial charge in [-0.05, 0) is 37.3 Å². The van der Waals surface area contributed by atoms with Gasteiger partial charge in [-0.25, -0.2) is 0 Å². The van der Waals surface area contributed by atoms with Crippen LogP contribution >= 0.6 is 0 Å². The van der Waals surface area contributed by atoms with Crippen LogP contribution in [0.5, 0.6) is 6.01 Å². The van der Waals surface area contributed by atoms with Gasteiger partial charge in [-0.15, -0.1) is 0 Å². The van der Waals surface area contributed by atoms with Crippen LogP contribution in [-0.4, -0.2) is 46.7 Å². The van der Waals surface area contributed by atoms with Crippen molar-refractivity contribution in [2.75, 3.05) is 36.5 Å².